The lowest BCUT2D eigenvalue weighted by Crippen LogP contribution is -2.43. The van der Waals surface area contributed by atoms with Gasteiger partial charge in [0.1, 0.15) is 5.92 Å². The molecule has 0 aromatic carbocycles. The quantitative estimate of drug-likeness (QED) is 0.103. The minimum absolute atomic E-state index is 0.0540. The van der Waals surface area contributed by atoms with Gasteiger partial charge >= 0.3 is 5.97 Å². The maximum Gasteiger partial charge on any atom is 0.317 e. The van der Waals surface area contributed by atoms with Gasteiger partial charge in [0.15, 0.2) is 11.6 Å². The van der Waals surface area contributed by atoms with E-state index in [0.29, 0.717) is 18.5 Å². The van der Waals surface area contributed by atoms with Crippen LogP contribution in [-0.2, 0) is 24.0 Å². The standard InChI is InChI=1S/C20H31NO5S/c1-5-9-15(21-26-11-6-2)18-16(22)13-14(10-12-27-8-4)17(19(18)23)20(24)25-7-3/h6,14,17,21H,2,5,7-13H2,1,3-4H3. The number of nitrogens with one attached hydrogen (secondary N) is 1. The van der Waals surface area contributed by atoms with Crippen LogP contribution in [0.4, 0.5) is 0 Å². The molecule has 0 amide bonds. The maximum absolute atomic E-state index is 13.1. The van der Waals surface area contributed by atoms with Crippen LogP contribution in [0.5, 0.6) is 0 Å². The molecule has 0 saturated heterocycles. The van der Waals surface area contributed by atoms with Crippen LogP contribution in [0.3, 0.4) is 0 Å². The second-order valence-corrected chi connectivity index (χ2v) is 7.67. The maximum atomic E-state index is 13.1. The molecule has 0 radical (unpaired) electrons. The number of carbonyl (C=O) groups is 3. The van der Waals surface area contributed by atoms with Gasteiger partial charge in [0.05, 0.1) is 24.5 Å². The van der Waals surface area contributed by atoms with Crippen molar-refractivity contribution in [3.05, 3.63) is 23.9 Å². The lowest BCUT2D eigenvalue weighted by atomic mass is 9.73. The molecule has 0 aromatic heterocycles. The Kier molecular flexibility index (Phi) is 11.0. The van der Waals surface area contributed by atoms with E-state index in [4.69, 9.17) is 9.57 Å². The summed E-state index contributed by atoms with van der Waals surface area (Å²) in [6.45, 7) is 9.72. The molecule has 7 heteroatoms. The van der Waals surface area contributed by atoms with E-state index in [1.54, 1.807) is 24.8 Å². The van der Waals surface area contributed by atoms with Crippen LogP contribution in [0.25, 0.3) is 0 Å². The highest BCUT2D eigenvalue weighted by atomic mass is 32.2. The van der Waals surface area contributed by atoms with Crippen molar-refractivity contribution in [3.8, 4) is 0 Å². The van der Waals surface area contributed by atoms with Gasteiger partial charge in [0.25, 0.3) is 0 Å². The molecule has 1 aliphatic carbocycles. The predicted octanol–water partition coefficient (Wildman–Crippen LogP) is 3.23. The van der Waals surface area contributed by atoms with E-state index in [1.807, 2.05) is 6.92 Å². The smallest absolute Gasteiger partial charge is 0.317 e. The fraction of sp³-hybridized carbons (Fsp3) is 0.650. The second-order valence-electron chi connectivity index (χ2n) is 6.27. The van der Waals surface area contributed by atoms with Crippen LogP contribution >= 0.6 is 11.8 Å². The Bertz CT molecular complexity index is 573. The third kappa shape index (κ3) is 6.81. The van der Waals surface area contributed by atoms with Gasteiger partial charge in [-0.1, -0.05) is 26.3 Å². The first-order valence-corrected chi connectivity index (χ1v) is 10.7. The molecular formula is C20H31NO5S. The van der Waals surface area contributed by atoms with Crippen LogP contribution in [0.2, 0.25) is 0 Å². The van der Waals surface area contributed by atoms with Crippen LogP contribution in [0.15, 0.2) is 23.9 Å². The first kappa shape index (κ1) is 23.4. The van der Waals surface area contributed by atoms with Crippen molar-refractivity contribution in [2.75, 3.05) is 24.7 Å². The molecule has 27 heavy (non-hydrogen) atoms. The summed E-state index contributed by atoms with van der Waals surface area (Å²) in [5.41, 5.74) is 3.21. The molecule has 1 rings (SSSR count). The minimum Gasteiger partial charge on any atom is -0.465 e. The number of thioether (sulfide) groups is 1. The summed E-state index contributed by atoms with van der Waals surface area (Å²) < 4.78 is 5.14. The third-order valence-electron chi connectivity index (χ3n) is 4.30. The Morgan fingerprint density at radius 3 is 2.67 bits per heavy atom. The van der Waals surface area contributed by atoms with Gasteiger partial charge in [-0.3, -0.25) is 24.7 Å². The zero-order valence-corrected chi connectivity index (χ0v) is 17.4. The summed E-state index contributed by atoms with van der Waals surface area (Å²) in [6.07, 6.45) is 3.58. The van der Waals surface area contributed by atoms with Gasteiger partial charge in [-0.05, 0) is 37.2 Å². The van der Waals surface area contributed by atoms with Gasteiger partial charge in [-0.2, -0.15) is 11.8 Å². The fourth-order valence-corrected chi connectivity index (χ4v) is 3.88. The SMILES string of the molecule is C=CCONC(CCC)=C1C(=O)CC(CCSCC)C(C(=O)OCC)C1=O. The number of ketones is 2. The Balaban J connectivity index is 3.17. The summed E-state index contributed by atoms with van der Waals surface area (Å²) in [7, 11) is 0. The molecule has 0 heterocycles. The Hall–Kier alpha value is -1.60. The summed E-state index contributed by atoms with van der Waals surface area (Å²) in [6, 6.07) is 0. The second kappa shape index (κ2) is 12.7. The molecule has 2 atom stereocenters. The zero-order valence-electron chi connectivity index (χ0n) is 16.5. The van der Waals surface area contributed by atoms with Crippen molar-refractivity contribution >= 4 is 29.3 Å². The summed E-state index contributed by atoms with van der Waals surface area (Å²) in [5.74, 6) is -0.706. The van der Waals surface area contributed by atoms with Crippen LogP contribution < -0.4 is 5.48 Å². The number of Topliss-reactive ketones (excluding diaryl/α,β-unsaturated/α-hetero) is 2. The van der Waals surface area contributed by atoms with Gasteiger partial charge in [-0.25, -0.2) is 0 Å². The van der Waals surface area contributed by atoms with E-state index >= 15 is 0 Å². The van der Waals surface area contributed by atoms with Crippen molar-refractivity contribution in [1.82, 2.24) is 5.48 Å². The molecule has 0 bridgehead atoms. The largest absolute Gasteiger partial charge is 0.465 e. The molecule has 1 N–H and O–H groups in total. The van der Waals surface area contributed by atoms with Crippen molar-refractivity contribution < 1.29 is 24.0 Å². The van der Waals surface area contributed by atoms with Crippen LogP contribution in [-0.4, -0.2) is 42.3 Å². The highest BCUT2D eigenvalue weighted by Crippen LogP contribution is 2.34. The summed E-state index contributed by atoms with van der Waals surface area (Å²) in [4.78, 5) is 43.7. The van der Waals surface area contributed by atoms with E-state index in [2.05, 4.69) is 19.0 Å². The molecule has 6 nitrogen and oxygen atoms in total. The van der Waals surface area contributed by atoms with Crippen molar-refractivity contribution in [3.63, 3.8) is 0 Å². The van der Waals surface area contributed by atoms with Gasteiger partial charge in [0.2, 0.25) is 0 Å². The van der Waals surface area contributed by atoms with Gasteiger partial charge in [-0.15, -0.1) is 6.58 Å². The fourth-order valence-electron chi connectivity index (χ4n) is 3.13. The summed E-state index contributed by atoms with van der Waals surface area (Å²) in [5, 5.41) is 0. The molecule has 2 unspecified atom stereocenters. The topological polar surface area (TPSA) is 81.7 Å². The summed E-state index contributed by atoms with van der Waals surface area (Å²) >= 11 is 1.73. The highest BCUT2D eigenvalue weighted by molar-refractivity contribution is 7.99. The molecule has 1 aliphatic rings. The van der Waals surface area contributed by atoms with Crippen molar-refractivity contribution in [2.45, 2.75) is 46.5 Å². The lowest BCUT2D eigenvalue weighted by Gasteiger charge is -2.30. The Labute approximate surface area is 166 Å². The number of esters is 1. The number of hydroxylamine groups is 1. The van der Waals surface area contributed by atoms with E-state index in [9.17, 15) is 14.4 Å². The predicted molar refractivity (Wildman–Crippen MR) is 107 cm³/mol. The molecule has 1 saturated carbocycles. The van der Waals surface area contributed by atoms with E-state index in [1.165, 1.54) is 0 Å². The monoisotopic (exact) mass is 397 g/mol. The zero-order chi connectivity index (χ0) is 20.2. The molecular weight excluding hydrogens is 366 g/mol. The first-order valence-electron chi connectivity index (χ1n) is 9.55. The third-order valence-corrected chi connectivity index (χ3v) is 5.24. The van der Waals surface area contributed by atoms with E-state index in [0.717, 1.165) is 17.9 Å². The van der Waals surface area contributed by atoms with E-state index in [-0.39, 0.29) is 36.9 Å². The average molecular weight is 398 g/mol. The van der Waals surface area contributed by atoms with Crippen LogP contribution in [0.1, 0.15) is 46.5 Å². The number of hydrogen-bond donors (Lipinski definition) is 1. The molecule has 0 spiro atoms. The molecule has 0 aromatic rings. The van der Waals surface area contributed by atoms with Gasteiger partial charge < -0.3 is 4.74 Å². The number of carbonyl (C=O) groups excluding carboxylic acids is 3. The van der Waals surface area contributed by atoms with Crippen molar-refractivity contribution in [1.29, 1.82) is 0 Å². The number of hydrogen-bond acceptors (Lipinski definition) is 7. The van der Waals surface area contributed by atoms with E-state index < -0.39 is 17.7 Å². The molecule has 152 valence electrons. The normalized spacial score (nSPS) is 21.7. The highest BCUT2D eigenvalue weighted by Gasteiger charge is 2.45. The first-order chi connectivity index (χ1) is 13.0. The number of ether oxygens (including phenoxy) is 1. The molecule has 1 fully saturated rings. The Morgan fingerprint density at radius 1 is 1.33 bits per heavy atom. The molecule has 0 aliphatic heterocycles. The number of allylic oxidation sites excluding steroid dienone is 2. The average Bonchev–Trinajstić information content (AvgIpc) is 2.62. The number of rotatable bonds is 12. The minimum atomic E-state index is -0.928. The Morgan fingerprint density at radius 2 is 2.07 bits per heavy atom. The van der Waals surface area contributed by atoms with Gasteiger partial charge in [0, 0.05) is 6.42 Å². The van der Waals surface area contributed by atoms with Crippen LogP contribution in [0, 0.1) is 11.8 Å². The lowest BCUT2D eigenvalue weighted by molar-refractivity contribution is -0.154. The van der Waals surface area contributed by atoms with Crippen molar-refractivity contribution in [2.24, 2.45) is 11.8 Å².